The molecule has 0 saturated carbocycles. The Balaban J connectivity index is 2.12. The summed E-state index contributed by atoms with van der Waals surface area (Å²) in [6.07, 6.45) is 1.07. The predicted octanol–water partition coefficient (Wildman–Crippen LogP) is 3.88. The van der Waals surface area contributed by atoms with Crippen LogP contribution in [0.4, 0.5) is 0 Å². The Kier molecular flexibility index (Phi) is 6.00. The molecule has 0 aliphatic heterocycles. The molecule has 1 heterocycles. The average molecular weight is 307 g/mol. The minimum absolute atomic E-state index is 0.0206. The fourth-order valence-electron chi connectivity index (χ4n) is 2.35. The van der Waals surface area contributed by atoms with Gasteiger partial charge in [-0.1, -0.05) is 45.4 Å². The van der Waals surface area contributed by atoms with E-state index in [4.69, 9.17) is 4.42 Å². The molecule has 0 aliphatic carbocycles. The smallest absolute Gasteiger partial charge is 0.134 e. The lowest BCUT2D eigenvalue weighted by atomic mass is 10.2. The van der Waals surface area contributed by atoms with Crippen molar-refractivity contribution in [1.82, 2.24) is 5.32 Å². The molecule has 0 bridgehead atoms. The highest BCUT2D eigenvalue weighted by atomic mass is 32.2. The predicted molar refractivity (Wildman–Crippen MR) is 90.0 cm³/mol. The standard InChI is InChI=1S/C17H25NO2S/c1-4-13(3)11-21(19)12-15(18-5-2)17-10-14-8-6-7-9-16(14)20-17/h6-10,13,15,18H,4-5,11-12H2,1-3H3. The first-order valence-corrected chi connectivity index (χ1v) is 9.19. The van der Waals surface area contributed by atoms with Crippen LogP contribution < -0.4 is 5.32 Å². The van der Waals surface area contributed by atoms with Gasteiger partial charge in [-0.15, -0.1) is 0 Å². The molecule has 0 radical (unpaired) electrons. The van der Waals surface area contributed by atoms with E-state index in [2.05, 4.69) is 32.2 Å². The summed E-state index contributed by atoms with van der Waals surface area (Å²) in [4.78, 5) is 0. The summed E-state index contributed by atoms with van der Waals surface area (Å²) in [7, 11) is -0.826. The monoisotopic (exact) mass is 307 g/mol. The van der Waals surface area contributed by atoms with E-state index < -0.39 is 10.8 Å². The van der Waals surface area contributed by atoms with E-state index in [1.807, 2.05) is 24.3 Å². The lowest BCUT2D eigenvalue weighted by molar-refractivity contribution is 0.460. The van der Waals surface area contributed by atoms with Gasteiger partial charge in [-0.05, 0) is 24.6 Å². The highest BCUT2D eigenvalue weighted by molar-refractivity contribution is 7.85. The Morgan fingerprint density at radius 3 is 2.67 bits per heavy atom. The maximum Gasteiger partial charge on any atom is 0.134 e. The van der Waals surface area contributed by atoms with E-state index in [1.165, 1.54) is 0 Å². The highest BCUT2D eigenvalue weighted by Gasteiger charge is 2.19. The molecule has 3 nitrogen and oxygen atoms in total. The number of benzene rings is 1. The van der Waals surface area contributed by atoms with E-state index in [0.29, 0.717) is 11.7 Å². The molecular weight excluding hydrogens is 282 g/mol. The van der Waals surface area contributed by atoms with Crippen molar-refractivity contribution < 1.29 is 8.63 Å². The largest absolute Gasteiger partial charge is 0.459 e. The van der Waals surface area contributed by atoms with E-state index in [1.54, 1.807) is 0 Å². The van der Waals surface area contributed by atoms with Gasteiger partial charge in [0.15, 0.2) is 0 Å². The summed E-state index contributed by atoms with van der Waals surface area (Å²) in [5, 5.41) is 4.50. The molecule has 0 amide bonds. The Labute approximate surface area is 129 Å². The number of fused-ring (bicyclic) bond motifs is 1. The Morgan fingerprint density at radius 2 is 2.00 bits per heavy atom. The summed E-state index contributed by atoms with van der Waals surface area (Å²) in [6, 6.07) is 10.1. The van der Waals surface area contributed by atoms with Gasteiger partial charge in [0.1, 0.15) is 11.3 Å². The molecule has 0 spiro atoms. The molecule has 0 aliphatic rings. The summed E-state index contributed by atoms with van der Waals surface area (Å²) >= 11 is 0. The quantitative estimate of drug-likeness (QED) is 0.805. The van der Waals surface area contributed by atoms with Crippen LogP contribution in [0.3, 0.4) is 0 Å². The molecule has 2 rings (SSSR count). The summed E-state index contributed by atoms with van der Waals surface area (Å²) in [5.74, 6) is 2.76. The van der Waals surface area contributed by atoms with Gasteiger partial charge in [-0.2, -0.15) is 0 Å². The zero-order chi connectivity index (χ0) is 15.2. The van der Waals surface area contributed by atoms with E-state index in [0.717, 1.165) is 35.4 Å². The topological polar surface area (TPSA) is 42.2 Å². The SMILES string of the molecule is CCNC(CS(=O)CC(C)CC)c1cc2ccccc2o1. The van der Waals surface area contributed by atoms with Crippen molar-refractivity contribution in [2.45, 2.75) is 33.2 Å². The first-order valence-electron chi connectivity index (χ1n) is 7.70. The van der Waals surface area contributed by atoms with Gasteiger partial charge >= 0.3 is 0 Å². The summed E-state index contributed by atoms with van der Waals surface area (Å²) in [5.41, 5.74) is 0.892. The zero-order valence-electron chi connectivity index (χ0n) is 13.1. The maximum atomic E-state index is 12.3. The molecule has 3 atom stereocenters. The molecule has 21 heavy (non-hydrogen) atoms. The Morgan fingerprint density at radius 1 is 1.24 bits per heavy atom. The first kappa shape index (κ1) is 16.2. The lowest BCUT2D eigenvalue weighted by Crippen LogP contribution is -2.27. The molecule has 4 heteroatoms. The van der Waals surface area contributed by atoms with Crippen LogP contribution in [-0.2, 0) is 10.8 Å². The average Bonchev–Trinajstić information content (AvgIpc) is 2.90. The second kappa shape index (κ2) is 7.76. The molecule has 1 N–H and O–H groups in total. The molecule has 3 unspecified atom stereocenters. The van der Waals surface area contributed by atoms with Crippen LogP contribution in [-0.4, -0.2) is 22.3 Å². The van der Waals surface area contributed by atoms with Gasteiger partial charge in [-0.3, -0.25) is 4.21 Å². The molecule has 1 aromatic heterocycles. The third-order valence-electron chi connectivity index (χ3n) is 3.76. The van der Waals surface area contributed by atoms with Crippen LogP contribution in [0.1, 0.15) is 39.0 Å². The molecule has 116 valence electrons. The van der Waals surface area contributed by atoms with Crippen molar-refractivity contribution in [3.63, 3.8) is 0 Å². The lowest BCUT2D eigenvalue weighted by Gasteiger charge is -2.16. The second-order valence-corrected chi connectivity index (χ2v) is 7.13. The van der Waals surface area contributed by atoms with Crippen molar-refractivity contribution in [1.29, 1.82) is 0 Å². The minimum atomic E-state index is -0.826. The summed E-state index contributed by atoms with van der Waals surface area (Å²) in [6.45, 7) is 7.19. The van der Waals surface area contributed by atoms with E-state index in [9.17, 15) is 4.21 Å². The van der Waals surface area contributed by atoms with Crippen LogP contribution in [0.25, 0.3) is 11.0 Å². The molecule has 2 aromatic rings. The van der Waals surface area contributed by atoms with Crippen molar-refractivity contribution in [3.8, 4) is 0 Å². The highest BCUT2D eigenvalue weighted by Crippen LogP contribution is 2.24. The third-order valence-corrected chi connectivity index (χ3v) is 5.40. The van der Waals surface area contributed by atoms with Crippen LogP contribution in [0.15, 0.2) is 34.7 Å². The van der Waals surface area contributed by atoms with Crippen molar-refractivity contribution in [2.75, 3.05) is 18.1 Å². The van der Waals surface area contributed by atoms with E-state index in [-0.39, 0.29) is 6.04 Å². The number of hydrogen-bond donors (Lipinski definition) is 1. The summed E-state index contributed by atoms with van der Waals surface area (Å²) < 4.78 is 18.2. The third kappa shape index (κ3) is 4.42. The number of furan rings is 1. The number of hydrogen-bond acceptors (Lipinski definition) is 3. The van der Waals surface area contributed by atoms with Crippen molar-refractivity contribution in [3.05, 3.63) is 36.1 Å². The normalized spacial score (nSPS) is 16.0. The fraction of sp³-hybridized carbons (Fsp3) is 0.529. The maximum absolute atomic E-state index is 12.3. The Bertz CT molecular complexity index is 560. The molecule has 0 saturated heterocycles. The van der Waals surface area contributed by atoms with Gasteiger partial charge in [0, 0.05) is 27.7 Å². The van der Waals surface area contributed by atoms with Crippen molar-refractivity contribution >= 4 is 21.8 Å². The first-order chi connectivity index (χ1) is 10.1. The van der Waals surface area contributed by atoms with Gasteiger partial charge in [0.05, 0.1) is 6.04 Å². The van der Waals surface area contributed by atoms with Gasteiger partial charge < -0.3 is 9.73 Å². The Hall–Kier alpha value is -1.13. The number of rotatable bonds is 8. The number of para-hydroxylation sites is 1. The molecule has 0 fully saturated rings. The molecule has 1 aromatic carbocycles. The second-order valence-electron chi connectivity index (χ2n) is 5.58. The van der Waals surface area contributed by atoms with Crippen LogP contribution in [0.5, 0.6) is 0 Å². The van der Waals surface area contributed by atoms with Crippen LogP contribution >= 0.6 is 0 Å². The van der Waals surface area contributed by atoms with Gasteiger partial charge in [0.2, 0.25) is 0 Å². The molecular formula is C17H25NO2S. The van der Waals surface area contributed by atoms with Gasteiger partial charge in [0.25, 0.3) is 0 Å². The van der Waals surface area contributed by atoms with E-state index >= 15 is 0 Å². The van der Waals surface area contributed by atoms with Gasteiger partial charge in [-0.25, -0.2) is 0 Å². The van der Waals surface area contributed by atoms with Crippen LogP contribution in [0, 0.1) is 5.92 Å². The number of nitrogens with one attached hydrogen (secondary N) is 1. The zero-order valence-corrected chi connectivity index (χ0v) is 13.9. The fourth-order valence-corrected chi connectivity index (χ4v) is 4.01. The van der Waals surface area contributed by atoms with Crippen molar-refractivity contribution in [2.24, 2.45) is 5.92 Å². The minimum Gasteiger partial charge on any atom is -0.459 e. The van der Waals surface area contributed by atoms with Crippen LogP contribution in [0.2, 0.25) is 0 Å².